The molecule has 0 heterocycles. The van der Waals surface area contributed by atoms with E-state index in [1.54, 1.807) is 11.8 Å². The number of aliphatic imine (C=N–C) groups is 1. The van der Waals surface area contributed by atoms with Crippen LogP contribution in [-0.4, -0.2) is 43.3 Å². The predicted molar refractivity (Wildman–Crippen MR) is 107 cm³/mol. The Labute approximate surface area is 159 Å². The fraction of sp³-hybridized carbons (Fsp3) is 0.556. The number of hydrogen-bond donors (Lipinski definition) is 3. The molecule has 0 unspecified atom stereocenters. The predicted octanol–water partition coefficient (Wildman–Crippen LogP) is 3.05. The van der Waals surface area contributed by atoms with Crippen LogP contribution in [-0.2, 0) is 4.79 Å². The van der Waals surface area contributed by atoms with Crippen LogP contribution in [0.1, 0.15) is 32.6 Å². The van der Waals surface area contributed by atoms with Crippen molar-refractivity contribution in [1.82, 2.24) is 16.0 Å². The van der Waals surface area contributed by atoms with E-state index in [4.69, 9.17) is 11.6 Å². The molecule has 3 N–H and O–H groups in total. The van der Waals surface area contributed by atoms with Crippen LogP contribution in [0.5, 0.6) is 0 Å². The van der Waals surface area contributed by atoms with E-state index in [1.807, 2.05) is 31.2 Å². The lowest BCUT2D eigenvalue weighted by Crippen LogP contribution is -2.38. The first-order valence-corrected chi connectivity index (χ1v) is 10.2. The van der Waals surface area contributed by atoms with Crippen LogP contribution in [0.15, 0.2) is 34.2 Å². The summed E-state index contributed by atoms with van der Waals surface area (Å²) < 4.78 is 0. The van der Waals surface area contributed by atoms with Crippen molar-refractivity contribution in [2.45, 2.75) is 43.5 Å². The third kappa shape index (κ3) is 9.02. The SMILES string of the molecule is CCNC(=NCCCC(=O)NC1CC1)NCCSc1ccc(Cl)cc1. The van der Waals surface area contributed by atoms with Crippen LogP contribution < -0.4 is 16.0 Å². The minimum atomic E-state index is 0.148. The summed E-state index contributed by atoms with van der Waals surface area (Å²) >= 11 is 7.66. The molecule has 0 saturated heterocycles. The molecule has 1 aliphatic carbocycles. The lowest BCUT2D eigenvalue weighted by molar-refractivity contribution is -0.121. The minimum absolute atomic E-state index is 0.148. The van der Waals surface area contributed by atoms with E-state index in [2.05, 4.69) is 20.9 Å². The summed E-state index contributed by atoms with van der Waals surface area (Å²) in [6.45, 7) is 4.33. The van der Waals surface area contributed by atoms with Gasteiger partial charge in [-0.1, -0.05) is 11.6 Å². The number of halogens is 1. The van der Waals surface area contributed by atoms with Gasteiger partial charge in [0, 0.05) is 47.8 Å². The van der Waals surface area contributed by atoms with Gasteiger partial charge in [0.2, 0.25) is 5.91 Å². The van der Waals surface area contributed by atoms with Crippen molar-refractivity contribution >= 4 is 35.2 Å². The number of hydrogen-bond acceptors (Lipinski definition) is 3. The minimum Gasteiger partial charge on any atom is -0.357 e. The zero-order chi connectivity index (χ0) is 17.9. The van der Waals surface area contributed by atoms with E-state index in [1.165, 1.54) is 4.90 Å². The molecular formula is C18H27ClN4OS. The van der Waals surface area contributed by atoms with Crippen molar-refractivity contribution in [3.63, 3.8) is 0 Å². The van der Waals surface area contributed by atoms with Gasteiger partial charge in [0.1, 0.15) is 0 Å². The van der Waals surface area contributed by atoms with Gasteiger partial charge < -0.3 is 16.0 Å². The Kier molecular flexibility index (Phi) is 8.97. The highest BCUT2D eigenvalue weighted by Crippen LogP contribution is 2.19. The van der Waals surface area contributed by atoms with Gasteiger partial charge in [-0.3, -0.25) is 9.79 Å². The van der Waals surface area contributed by atoms with Gasteiger partial charge in [-0.05, 0) is 50.5 Å². The van der Waals surface area contributed by atoms with Crippen molar-refractivity contribution in [2.75, 3.05) is 25.4 Å². The first kappa shape index (κ1) is 19.9. The average molecular weight is 383 g/mol. The van der Waals surface area contributed by atoms with E-state index < -0.39 is 0 Å². The number of carbonyl (C=O) groups is 1. The van der Waals surface area contributed by atoms with Gasteiger partial charge in [0.25, 0.3) is 0 Å². The van der Waals surface area contributed by atoms with E-state index in [0.717, 1.165) is 49.1 Å². The molecule has 0 spiro atoms. The molecule has 1 aromatic rings. The highest BCUT2D eigenvalue weighted by molar-refractivity contribution is 7.99. The van der Waals surface area contributed by atoms with E-state index in [-0.39, 0.29) is 5.91 Å². The van der Waals surface area contributed by atoms with E-state index in [9.17, 15) is 4.79 Å². The zero-order valence-corrected chi connectivity index (χ0v) is 16.3. The Morgan fingerprint density at radius 1 is 1.28 bits per heavy atom. The first-order chi connectivity index (χ1) is 12.2. The van der Waals surface area contributed by atoms with Crippen LogP contribution in [0.4, 0.5) is 0 Å². The third-order valence-corrected chi connectivity index (χ3v) is 4.86. The summed E-state index contributed by atoms with van der Waals surface area (Å²) in [7, 11) is 0. The fourth-order valence-electron chi connectivity index (χ4n) is 2.17. The molecule has 1 aliphatic rings. The molecule has 0 bridgehead atoms. The monoisotopic (exact) mass is 382 g/mol. The smallest absolute Gasteiger partial charge is 0.220 e. The molecule has 2 rings (SSSR count). The largest absolute Gasteiger partial charge is 0.357 e. The third-order valence-electron chi connectivity index (χ3n) is 3.60. The van der Waals surface area contributed by atoms with Gasteiger partial charge in [-0.15, -0.1) is 11.8 Å². The van der Waals surface area contributed by atoms with Crippen molar-refractivity contribution in [3.8, 4) is 0 Å². The molecule has 7 heteroatoms. The fourth-order valence-corrected chi connectivity index (χ4v) is 3.06. The molecule has 5 nitrogen and oxygen atoms in total. The molecule has 1 amide bonds. The van der Waals surface area contributed by atoms with Gasteiger partial charge in [-0.25, -0.2) is 0 Å². The zero-order valence-electron chi connectivity index (χ0n) is 14.7. The molecule has 0 radical (unpaired) electrons. The maximum atomic E-state index is 11.6. The van der Waals surface area contributed by atoms with Gasteiger partial charge in [-0.2, -0.15) is 0 Å². The van der Waals surface area contributed by atoms with Crippen molar-refractivity contribution in [1.29, 1.82) is 0 Å². The standard InChI is InChI=1S/C18H27ClN4OS/c1-2-20-18(21-11-3-4-17(24)23-15-7-8-15)22-12-13-25-16-9-5-14(19)6-10-16/h5-6,9-10,15H,2-4,7-8,11-13H2,1H3,(H,23,24)(H2,20,21,22). The topological polar surface area (TPSA) is 65.5 Å². The van der Waals surface area contributed by atoms with Gasteiger partial charge in [0.05, 0.1) is 0 Å². The second kappa shape index (κ2) is 11.3. The number of amides is 1. The highest BCUT2D eigenvalue weighted by Gasteiger charge is 2.22. The summed E-state index contributed by atoms with van der Waals surface area (Å²) in [6, 6.07) is 8.30. The summed E-state index contributed by atoms with van der Waals surface area (Å²) in [5.74, 6) is 1.90. The van der Waals surface area contributed by atoms with Crippen LogP contribution in [0, 0.1) is 0 Å². The maximum Gasteiger partial charge on any atom is 0.220 e. The number of nitrogens with one attached hydrogen (secondary N) is 3. The van der Waals surface area contributed by atoms with Crippen molar-refractivity contribution in [3.05, 3.63) is 29.3 Å². The van der Waals surface area contributed by atoms with Crippen molar-refractivity contribution in [2.24, 2.45) is 4.99 Å². The maximum absolute atomic E-state index is 11.6. The van der Waals surface area contributed by atoms with Gasteiger partial charge in [0.15, 0.2) is 5.96 Å². The molecule has 0 aromatic heterocycles. The Morgan fingerprint density at radius 3 is 2.72 bits per heavy atom. The van der Waals surface area contributed by atoms with Crippen LogP contribution in [0.2, 0.25) is 5.02 Å². The second-order valence-electron chi connectivity index (χ2n) is 5.94. The summed E-state index contributed by atoms with van der Waals surface area (Å²) in [5.41, 5.74) is 0. The quantitative estimate of drug-likeness (QED) is 0.252. The van der Waals surface area contributed by atoms with Crippen molar-refractivity contribution < 1.29 is 4.79 Å². The lowest BCUT2D eigenvalue weighted by atomic mass is 10.3. The normalized spacial score (nSPS) is 14.2. The second-order valence-corrected chi connectivity index (χ2v) is 7.54. The summed E-state index contributed by atoms with van der Waals surface area (Å²) in [5, 5.41) is 10.3. The Balaban J connectivity index is 1.60. The van der Waals surface area contributed by atoms with E-state index >= 15 is 0 Å². The summed E-state index contributed by atoms with van der Waals surface area (Å²) in [6.07, 6.45) is 3.58. The lowest BCUT2D eigenvalue weighted by Gasteiger charge is -2.11. The first-order valence-electron chi connectivity index (χ1n) is 8.87. The van der Waals surface area contributed by atoms with Crippen LogP contribution in [0.25, 0.3) is 0 Å². The van der Waals surface area contributed by atoms with Crippen LogP contribution >= 0.6 is 23.4 Å². The molecule has 138 valence electrons. The summed E-state index contributed by atoms with van der Waals surface area (Å²) in [4.78, 5) is 17.4. The molecule has 25 heavy (non-hydrogen) atoms. The average Bonchev–Trinajstić information content (AvgIpc) is 3.41. The molecule has 1 saturated carbocycles. The molecular weight excluding hydrogens is 356 g/mol. The Bertz CT molecular complexity index is 561. The molecule has 1 fully saturated rings. The Morgan fingerprint density at radius 2 is 2.04 bits per heavy atom. The highest BCUT2D eigenvalue weighted by atomic mass is 35.5. The number of guanidine groups is 1. The number of carbonyl (C=O) groups excluding carboxylic acids is 1. The molecule has 0 aliphatic heterocycles. The molecule has 1 aromatic carbocycles. The number of rotatable bonds is 10. The number of nitrogens with zero attached hydrogens (tertiary/aromatic N) is 1. The van der Waals surface area contributed by atoms with Crippen LogP contribution in [0.3, 0.4) is 0 Å². The number of thioether (sulfide) groups is 1. The molecule has 0 atom stereocenters. The Hall–Kier alpha value is -1.40. The number of benzene rings is 1. The van der Waals surface area contributed by atoms with E-state index in [0.29, 0.717) is 19.0 Å². The van der Waals surface area contributed by atoms with Gasteiger partial charge >= 0.3 is 0 Å².